The van der Waals surface area contributed by atoms with Crippen LogP contribution in [0.2, 0.25) is 0 Å². The van der Waals surface area contributed by atoms with E-state index in [0.717, 1.165) is 16.4 Å². The normalized spacial score (nSPS) is 16.5. The van der Waals surface area contributed by atoms with Gasteiger partial charge in [0.05, 0.1) is 10.4 Å². The van der Waals surface area contributed by atoms with Gasteiger partial charge in [0.2, 0.25) is 0 Å². The second-order valence-corrected chi connectivity index (χ2v) is 8.09. The Kier molecular flexibility index (Phi) is 5.01. The Labute approximate surface area is 152 Å². The molecular formula is C17H17IN2O2S. The Balaban J connectivity index is 1.64. The maximum Gasteiger partial charge on any atom is 0.279 e. The molecular weight excluding hydrogens is 423 g/mol. The smallest absolute Gasteiger partial charge is 0.267 e. The van der Waals surface area contributed by atoms with Gasteiger partial charge in [-0.2, -0.15) is 0 Å². The number of halogens is 1. The molecule has 1 aliphatic carbocycles. The number of aryl methyl sites for hydroxylation is 1. The van der Waals surface area contributed by atoms with E-state index in [4.69, 9.17) is 0 Å². The van der Waals surface area contributed by atoms with Gasteiger partial charge in [0, 0.05) is 8.45 Å². The van der Waals surface area contributed by atoms with E-state index in [-0.39, 0.29) is 11.8 Å². The summed E-state index contributed by atoms with van der Waals surface area (Å²) in [5, 5.41) is 0. The van der Waals surface area contributed by atoms with Crippen LogP contribution in [0.5, 0.6) is 0 Å². The molecule has 0 fully saturated rings. The lowest BCUT2D eigenvalue weighted by atomic mass is 9.90. The summed E-state index contributed by atoms with van der Waals surface area (Å²) in [5.74, 6) is 0.113. The Morgan fingerprint density at radius 3 is 2.74 bits per heavy atom. The second-order valence-electron chi connectivity index (χ2n) is 5.80. The van der Waals surface area contributed by atoms with Gasteiger partial charge in [0.15, 0.2) is 0 Å². The fourth-order valence-corrected chi connectivity index (χ4v) is 4.44. The maximum absolute atomic E-state index is 12.2. The number of fused-ring (bicyclic) bond motifs is 1. The molecule has 0 aliphatic heterocycles. The van der Waals surface area contributed by atoms with Gasteiger partial charge in [0.25, 0.3) is 11.8 Å². The molecule has 1 aliphatic rings. The first kappa shape index (κ1) is 16.4. The third-order valence-corrected chi connectivity index (χ3v) is 6.14. The van der Waals surface area contributed by atoms with Crippen molar-refractivity contribution in [1.82, 2.24) is 10.9 Å². The van der Waals surface area contributed by atoms with E-state index in [1.807, 2.05) is 18.2 Å². The lowest BCUT2D eigenvalue weighted by molar-refractivity contribution is 0.0848. The number of benzene rings is 1. The molecule has 1 heterocycles. The molecule has 0 saturated heterocycles. The van der Waals surface area contributed by atoms with Crippen LogP contribution in [0.15, 0.2) is 30.3 Å². The lowest BCUT2D eigenvalue weighted by Crippen LogP contribution is -2.41. The van der Waals surface area contributed by atoms with Crippen molar-refractivity contribution in [2.75, 3.05) is 0 Å². The van der Waals surface area contributed by atoms with E-state index in [2.05, 4.69) is 40.4 Å². The topological polar surface area (TPSA) is 58.2 Å². The first-order valence-corrected chi connectivity index (χ1v) is 9.41. The Bertz CT molecular complexity index is 757. The molecule has 0 saturated carbocycles. The van der Waals surface area contributed by atoms with Crippen molar-refractivity contribution in [3.63, 3.8) is 0 Å². The molecule has 0 spiro atoms. The van der Waals surface area contributed by atoms with Crippen LogP contribution in [-0.4, -0.2) is 11.8 Å². The highest BCUT2D eigenvalue weighted by Gasteiger charge is 2.21. The fourth-order valence-electron chi connectivity index (χ4n) is 2.71. The van der Waals surface area contributed by atoms with Crippen LogP contribution >= 0.6 is 33.9 Å². The average Bonchev–Trinajstić information content (AvgIpc) is 2.95. The quantitative estimate of drug-likeness (QED) is 0.555. The highest BCUT2D eigenvalue weighted by atomic mass is 127. The van der Waals surface area contributed by atoms with Crippen LogP contribution in [-0.2, 0) is 12.8 Å². The molecule has 2 aromatic rings. The number of hydrazine groups is 1. The van der Waals surface area contributed by atoms with Crippen molar-refractivity contribution >= 4 is 45.7 Å². The molecule has 2 amide bonds. The van der Waals surface area contributed by atoms with Crippen molar-refractivity contribution < 1.29 is 9.59 Å². The molecule has 23 heavy (non-hydrogen) atoms. The van der Waals surface area contributed by atoms with Gasteiger partial charge < -0.3 is 0 Å². The van der Waals surface area contributed by atoms with Crippen molar-refractivity contribution in [2.45, 2.75) is 26.2 Å². The van der Waals surface area contributed by atoms with Gasteiger partial charge in [-0.05, 0) is 71.5 Å². The second kappa shape index (κ2) is 7.00. The molecule has 2 N–H and O–H groups in total. The summed E-state index contributed by atoms with van der Waals surface area (Å²) >= 11 is 3.63. The molecule has 120 valence electrons. The van der Waals surface area contributed by atoms with Crippen molar-refractivity contribution in [3.05, 3.63) is 54.8 Å². The zero-order valence-corrected chi connectivity index (χ0v) is 15.7. The number of nitrogens with one attached hydrogen (secondary N) is 2. The highest BCUT2D eigenvalue weighted by molar-refractivity contribution is 14.1. The molecule has 0 bridgehead atoms. The standard InChI is InChI=1S/C17H17IN2O2S/c1-10-6-7-14-11(8-10)9-15(23-14)17(22)20-19-16(21)12-4-2-3-5-13(12)18/h2-5,9-10H,6-8H2,1H3,(H,19,21)(H,20,22). The number of hydrogen-bond acceptors (Lipinski definition) is 3. The highest BCUT2D eigenvalue weighted by Crippen LogP contribution is 2.32. The van der Waals surface area contributed by atoms with Crippen LogP contribution < -0.4 is 10.9 Å². The van der Waals surface area contributed by atoms with Gasteiger partial charge >= 0.3 is 0 Å². The summed E-state index contributed by atoms with van der Waals surface area (Å²) in [7, 11) is 0. The van der Waals surface area contributed by atoms with E-state index in [0.29, 0.717) is 16.4 Å². The minimum atomic E-state index is -0.307. The maximum atomic E-state index is 12.2. The van der Waals surface area contributed by atoms with E-state index in [1.54, 1.807) is 12.1 Å². The number of carbonyl (C=O) groups is 2. The van der Waals surface area contributed by atoms with Crippen LogP contribution in [0.1, 0.15) is 43.8 Å². The minimum Gasteiger partial charge on any atom is -0.267 e. The lowest BCUT2D eigenvalue weighted by Gasteiger charge is -2.16. The van der Waals surface area contributed by atoms with Crippen molar-refractivity contribution in [3.8, 4) is 0 Å². The average molecular weight is 440 g/mol. The number of rotatable bonds is 2. The number of amides is 2. The Morgan fingerprint density at radius 1 is 1.22 bits per heavy atom. The molecule has 1 atom stereocenters. The predicted octanol–water partition coefficient (Wildman–Crippen LogP) is 3.55. The van der Waals surface area contributed by atoms with E-state index < -0.39 is 0 Å². The predicted molar refractivity (Wildman–Crippen MR) is 99.6 cm³/mol. The minimum absolute atomic E-state index is 0.253. The van der Waals surface area contributed by atoms with E-state index in [9.17, 15) is 9.59 Å². The first-order valence-electron chi connectivity index (χ1n) is 7.51. The van der Waals surface area contributed by atoms with E-state index >= 15 is 0 Å². The monoisotopic (exact) mass is 440 g/mol. The van der Waals surface area contributed by atoms with Gasteiger partial charge in [-0.1, -0.05) is 19.1 Å². The van der Waals surface area contributed by atoms with Crippen molar-refractivity contribution in [2.24, 2.45) is 5.92 Å². The third-order valence-electron chi connectivity index (χ3n) is 3.96. The molecule has 6 heteroatoms. The van der Waals surface area contributed by atoms with Crippen molar-refractivity contribution in [1.29, 1.82) is 0 Å². The molecule has 0 radical (unpaired) electrons. The summed E-state index contributed by atoms with van der Waals surface area (Å²) in [6.07, 6.45) is 3.26. The summed E-state index contributed by atoms with van der Waals surface area (Å²) in [4.78, 5) is 26.3. The number of carbonyl (C=O) groups excluding carboxylic acids is 2. The molecule has 1 aromatic carbocycles. The summed E-state index contributed by atoms with van der Waals surface area (Å²) in [5.41, 5.74) is 6.83. The molecule has 1 unspecified atom stereocenters. The van der Waals surface area contributed by atoms with Crippen LogP contribution in [0.3, 0.4) is 0 Å². The zero-order chi connectivity index (χ0) is 16.4. The van der Waals surface area contributed by atoms with Gasteiger partial charge in [-0.25, -0.2) is 0 Å². The van der Waals surface area contributed by atoms with Gasteiger partial charge in [0.1, 0.15) is 0 Å². The SMILES string of the molecule is CC1CCc2sc(C(=O)NNC(=O)c3ccccc3I)cc2C1. The summed E-state index contributed by atoms with van der Waals surface area (Å²) < 4.78 is 0.845. The van der Waals surface area contributed by atoms with Crippen LogP contribution in [0, 0.1) is 9.49 Å². The number of thiophene rings is 1. The van der Waals surface area contributed by atoms with Gasteiger partial charge in [-0.15, -0.1) is 11.3 Å². The molecule has 3 rings (SSSR count). The molecule has 1 aromatic heterocycles. The fraction of sp³-hybridized carbons (Fsp3) is 0.294. The van der Waals surface area contributed by atoms with Crippen LogP contribution in [0.25, 0.3) is 0 Å². The van der Waals surface area contributed by atoms with Crippen LogP contribution in [0.4, 0.5) is 0 Å². The summed E-state index contributed by atoms with van der Waals surface area (Å²) in [6, 6.07) is 9.21. The third kappa shape index (κ3) is 3.74. The number of hydrogen-bond donors (Lipinski definition) is 2. The van der Waals surface area contributed by atoms with Gasteiger partial charge in [-0.3, -0.25) is 20.4 Å². The molecule has 4 nitrogen and oxygen atoms in total. The summed E-state index contributed by atoms with van der Waals surface area (Å²) in [6.45, 7) is 2.24. The van der Waals surface area contributed by atoms with E-state index in [1.165, 1.54) is 28.2 Å². The largest absolute Gasteiger partial charge is 0.279 e. The first-order chi connectivity index (χ1) is 11.0. The Hall–Kier alpha value is -1.41. The zero-order valence-electron chi connectivity index (χ0n) is 12.7. The Morgan fingerprint density at radius 2 is 1.96 bits per heavy atom.